The number of hydrogen-bond acceptors (Lipinski definition) is 5. The Morgan fingerprint density at radius 2 is 1.83 bits per heavy atom. The predicted molar refractivity (Wildman–Crippen MR) is 103 cm³/mol. The van der Waals surface area contributed by atoms with Crippen molar-refractivity contribution in [3.63, 3.8) is 0 Å². The molecule has 2 amide bonds. The number of nitrogens with one attached hydrogen (secondary N) is 2. The minimum atomic E-state index is -0.698. The molecule has 1 unspecified atom stereocenters. The van der Waals surface area contributed by atoms with Crippen molar-refractivity contribution < 1.29 is 28.2 Å². The normalized spacial score (nSPS) is 16.0. The first-order valence-electron chi connectivity index (χ1n) is 8.84. The molecular weight excluding hydrogens is 379 g/mol. The van der Waals surface area contributed by atoms with Crippen molar-refractivity contribution in [1.82, 2.24) is 10.6 Å². The van der Waals surface area contributed by atoms with Crippen LogP contribution in [0.15, 0.2) is 53.7 Å². The number of hydrogen-bond donors (Lipinski definition) is 2. The molecule has 0 saturated carbocycles. The number of esters is 1. The topological polar surface area (TPSA) is 85.9 Å². The zero-order chi connectivity index (χ0) is 21.0. The lowest BCUT2D eigenvalue weighted by molar-refractivity contribution is -0.136. The van der Waals surface area contributed by atoms with E-state index in [1.54, 1.807) is 37.3 Å². The summed E-state index contributed by atoms with van der Waals surface area (Å²) in [5.41, 5.74) is 2.15. The number of rotatable bonds is 6. The van der Waals surface area contributed by atoms with Crippen LogP contribution in [0.1, 0.15) is 24.1 Å². The molecule has 0 saturated heterocycles. The molecule has 0 radical (unpaired) electrons. The van der Waals surface area contributed by atoms with Crippen molar-refractivity contribution in [2.24, 2.45) is 0 Å². The summed E-state index contributed by atoms with van der Waals surface area (Å²) in [4.78, 5) is 24.1. The van der Waals surface area contributed by atoms with Crippen LogP contribution in [0.3, 0.4) is 0 Å². The van der Waals surface area contributed by atoms with E-state index in [9.17, 15) is 14.0 Å². The fourth-order valence-corrected chi connectivity index (χ4v) is 3.05. The lowest BCUT2D eigenvalue weighted by atomic mass is 9.95. The van der Waals surface area contributed by atoms with E-state index in [1.807, 2.05) is 0 Å². The van der Waals surface area contributed by atoms with Gasteiger partial charge in [0.25, 0.3) is 0 Å². The molecule has 3 rings (SSSR count). The van der Waals surface area contributed by atoms with Crippen molar-refractivity contribution in [1.29, 1.82) is 0 Å². The van der Waals surface area contributed by atoms with Crippen LogP contribution in [0.4, 0.5) is 9.18 Å². The van der Waals surface area contributed by atoms with Gasteiger partial charge < -0.3 is 24.8 Å². The molecule has 1 aliphatic rings. The van der Waals surface area contributed by atoms with Crippen LogP contribution >= 0.6 is 0 Å². The van der Waals surface area contributed by atoms with E-state index in [-0.39, 0.29) is 12.4 Å². The second kappa shape index (κ2) is 8.64. The van der Waals surface area contributed by atoms with Gasteiger partial charge in [0, 0.05) is 5.70 Å². The first-order valence-corrected chi connectivity index (χ1v) is 8.84. The highest BCUT2D eigenvalue weighted by Gasteiger charge is 2.32. The predicted octanol–water partition coefficient (Wildman–Crippen LogP) is 3.21. The molecule has 2 N–H and O–H groups in total. The van der Waals surface area contributed by atoms with Crippen molar-refractivity contribution in [3.8, 4) is 11.5 Å². The molecule has 8 heteroatoms. The molecule has 0 bridgehead atoms. The van der Waals surface area contributed by atoms with Gasteiger partial charge in [0.1, 0.15) is 12.4 Å². The number of urea groups is 1. The third kappa shape index (κ3) is 4.48. The first kappa shape index (κ1) is 20.2. The van der Waals surface area contributed by atoms with Crippen LogP contribution in [-0.4, -0.2) is 26.2 Å². The van der Waals surface area contributed by atoms with Gasteiger partial charge in [0.05, 0.1) is 25.8 Å². The van der Waals surface area contributed by atoms with Gasteiger partial charge in [-0.25, -0.2) is 14.0 Å². The maximum Gasteiger partial charge on any atom is 0.337 e. The Balaban J connectivity index is 1.87. The summed E-state index contributed by atoms with van der Waals surface area (Å²) in [7, 11) is 2.77. The molecule has 2 aromatic carbocycles. The number of amides is 2. The fraction of sp³-hybridized carbons (Fsp3) is 0.238. The quantitative estimate of drug-likeness (QED) is 0.728. The summed E-state index contributed by atoms with van der Waals surface area (Å²) in [6.45, 7) is 1.86. The van der Waals surface area contributed by atoms with Crippen LogP contribution in [0.2, 0.25) is 0 Å². The molecule has 1 heterocycles. The van der Waals surface area contributed by atoms with Gasteiger partial charge >= 0.3 is 12.0 Å². The van der Waals surface area contributed by atoms with E-state index in [4.69, 9.17) is 14.2 Å². The van der Waals surface area contributed by atoms with Crippen LogP contribution in [0.5, 0.6) is 11.5 Å². The van der Waals surface area contributed by atoms with Crippen LogP contribution < -0.4 is 20.1 Å². The summed E-state index contributed by atoms with van der Waals surface area (Å²) in [5.74, 6) is 0.0421. The van der Waals surface area contributed by atoms with E-state index in [1.165, 1.54) is 26.4 Å². The maximum atomic E-state index is 13.0. The monoisotopic (exact) mass is 400 g/mol. The summed E-state index contributed by atoms with van der Waals surface area (Å²) >= 11 is 0. The van der Waals surface area contributed by atoms with E-state index in [0.29, 0.717) is 28.3 Å². The van der Waals surface area contributed by atoms with Gasteiger partial charge in [0.2, 0.25) is 0 Å². The summed E-state index contributed by atoms with van der Waals surface area (Å²) in [6, 6.07) is 9.99. The standard InChI is InChI=1S/C21H21FN2O5/c1-12-18(20(25)28-3)19(24-21(26)23-12)14-6-9-16(17(10-14)27-2)29-11-13-4-7-15(22)8-5-13/h4-10,19H,11H2,1-3H3,(H2,23,24,26). The van der Waals surface area contributed by atoms with E-state index < -0.39 is 18.0 Å². The molecule has 29 heavy (non-hydrogen) atoms. The maximum absolute atomic E-state index is 13.0. The molecule has 7 nitrogen and oxygen atoms in total. The zero-order valence-corrected chi connectivity index (χ0v) is 16.2. The summed E-state index contributed by atoms with van der Waals surface area (Å²) in [5, 5.41) is 5.29. The Labute approximate surface area is 167 Å². The highest BCUT2D eigenvalue weighted by atomic mass is 19.1. The van der Waals surface area contributed by atoms with Gasteiger partial charge in [-0.2, -0.15) is 0 Å². The number of halogens is 1. The van der Waals surface area contributed by atoms with Gasteiger partial charge in [0.15, 0.2) is 11.5 Å². The molecule has 0 aliphatic carbocycles. The SMILES string of the molecule is COC(=O)C1=C(C)NC(=O)NC1c1ccc(OCc2ccc(F)cc2)c(OC)c1. The van der Waals surface area contributed by atoms with Crippen LogP contribution in [-0.2, 0) is 16.1 Å². The molecule has 1 atom stereocenters. The number of methoxy groups -OCH3 is 2. The third-order valence-corrected chi connectivity index (χ3v) is 4.50. The summed E-state index contributed by atoms with van der Waals surface area (Å²) in [6.07, 6.45) is 0. The van der Waals surface area contributed by atoms with E-state index >= 15 is 0 Å². The molecule has 0 spiro atoms. The Kier molecular flexibility index (Phi) is 6.01. The number of allylic oxidation sites excluding steroid dienone is 1. The van der Waals surface area contributed by atoms with Crippen molar-refractivity contribution in [2.45, 2.75) is 19.6 Å². The smallest absolute Gasteiger partial charge is 0.337 e. The van der Waals surface area contributed by atoms with Crippen LogP contribution in [0, 0.1) is 5.82 Å². The highest BCUT2D eigenvalue weighted by molar-refractivity contribution is 5.95. The van der Waals surface area contributed by atoms with Crippen molar-refractivity contribution in [3.05, 3.63) is 70.7 Å². The Morgan fingerprint density at radius 3 is 2.48 bits per heavy atom. The fourth-order valence-electron chi connectivity index (χ4n) is 3.05. The first-order chi connectivity index (χ1) is 13.9. The molecule has 0 aromatic heterocycles. The number of ether oxygens (including phenoxy) is 3. The largest absolute Gasteiger partial charge is 0.493 e. The number of carbonyl (C=O) groups is 2. The third-order valence-electron chi connectivity index (χ3n) is 4.50. The minimum absolute atomic E-state index is 0.229. The van der Waals surface area contributed by atoms with E-state index in [2.05, 4.69) is 10.6 Å². The molecule has 1 aliphatic heterocycles. The minimum Gasteiger partial charge on any atom is -0.493 e. The Hall–Kier alpha value is -3.55. The average molecular weight is 400 g/mol. The van der Waals surface area contributed by atoms with Crippen molar-refractivity contribution >= 4 is 12.0 Å². The van der Waals surface area contributed by atoms with Gasteiger partial charge in [-0.3, -0.25) is 0 Å². The second-order valence-electron chi connectivity index (χ2n) is 6.39. The molecule has 0 fully saturated rings. The Bertz CT molecular complexity index is 956. The molecule has 2 aromatic rings. The van der Waals surface area contributed by atoms with Crippen LogP contribution in [0.25, 0.3) is 0 Å². The van der Waals surface area contributed by atoms with E-state index in [0.717, 1.165) is 5.56 Å². The lowest BCUT2D eigenvalue weighted by Crippen LogP contribution is -2.45. The molecule has 152 valence electrons. The zero-order valence-electron chi connectivity index (χ0n) is 16.2. The average Bonchev–Trinajstić information content (AvgIpc) is 2.72. The van der Waals surface area contributed by atoms with Gasteiger partial charge in [-0.05, 0) is 42.3 Å². The number of benzene rings is 2. The second-order valence-corrected chi connectivity index (χ2v) is 6.39. The summed E-state index contributed by atoms with van der Waals surface area (Å²) < 4.78 is 29.1. The number of carbonyl (C=O) groups excluding carboxylic acids is 2. The van der Waals surface area contributed by atoms with Gasteiger partial charge in [-0.1, -0.05) is 18.2 Å². The van der Waals surface area contributed by atoms with Gasteiger partial charge in [-0.15, -0.1) is 0 Å². The highest BCUT2D eigenvalue weighted by Crippen LogP contribution is 2.34. The Morgan fingerprint density at radius 1 is 1.10 bits per heavy atom. The lowest BCUT2D eigenvalue weighted by Gasteiger charge is -2.28. The van der Waals surface area contributed by atoms with Crippen molar-refractivity contribution in [2.75, 3.05) is 14.2 Å². The molecular formula is C21H21FN2O5.